The van der Waals surface area contributed by atoms with Gasteiger partial charge in [-0.15, -0.1) is 0 Å². The summed E-state index contributed by atoms with van der Waals surface area (Å²) in [6.07, 6.45) is 1.00. The SMILES string of the molecule is O=C(CCCNC(=O)c1ccsc1)Nc1cccc(CN2CCSCC2)c1. The van der Waals surface area contributed by atoms with Crippen molar-refractivity contribution in [1.29, 1.82) is 0 Å². The van der Waals surface area contributed by atoms with Gasteiger partial charge in [0.1, 0.15) is 0 Å². The first-order valence-electron chi connectivity index (χ1n) is 9.20. The van der Waals surface area contributed by atoms with Crippen LogP contribution in [0.5, 0.6) is 0 Å². The van der Waals surface area contributed by atoms with Gasteiger partial charge in [0.2, 0.25) is 5.91 Å². The van der Waals surface area contributed by atoms with Crippen LogP contribution >= 0.6 is 23.1 Å². The number of thioether (sulfide) groups is 1. The maximum absolute atomic E-state index is 12.2. The Morgan fingerprint density at radius 2 is 2.00 bits per heavy atom. The molecule has 2 heterocycles. The summed E-state index contributed by atoms with van der Waals surface area (Å²) >= 11 is 3.50. The van der Waals surface area contributed by atoms with Crippen molar-refractivity contribution in [3.8, 4) is 0 Å². The maximum Gasteiger partial charge on any atom is 0.252 e. The van der Waals surface area contributed by atoms with Crippen molar-refractivity contribution in [3.05, 3.63) is 52.2 Å². The van der Waals surface area contributed by atoms with E-state index in [1.165, 1.54) is 28.4 Å². The monoisotopic (exact) mass is 403 g/mol. The second-order valence-corrected chi connectivity index (χ2v) is 8.51. The van der Waals surface area contributed by atoms with Crippen molar-refractivity contribution in [3.63, 3.8) is 0 Å². The van der Waals surface area contributed by atoms with Crippen molar-refractivity contribution in [1.82, 2.24) is 10.2 Å². The topological polar surface area (TPSA) is 61.4 Å². The molecule has 1 aromatic carbocycles. The lowest BCUT2D eigenvalue weighted by molar-refractivity contribution is -0.116. The molecule has 27 heavy (non-hydrogen) atoms. The third-order valence-corrected chi connectivity index (χ3v) is 6.00. The first-order valence-corrected chi connectivity index (χ1v) is 11.3. The minimum absolute atomic E-state index is 0.0219. The van der Waals surface area contributed by atoms with Crippen molar-refractivity contribution in [2.45, 2.75) is 19.4 Å². The molecule has 0 radical (unpaired) electrons. The molecule has 0 aliphatic carbocycles. The Morgan fingerprint density at radius 3 is 2.78 bits per heavy atom. The molecule has 1 aliphatic heterocycles. The molecule has 2 aromatic rings. The fourth-order valence-electron chi connectivity index (χ4n) is 2.93. The number of hydrogen-bond donors (Lipinski definition) is 2. The summed E-state index contributed by atoms with van der Waals surface area (Å²) in [5, 5.41) is 9.49. The number of hydrogen-bond acceptors (Lipinski definition) is 5. The zero-order chi connectivity index (χ0) is 18.9. The third-order valence-electron chi connectivity index (χ3n) is 4.37. The van der Waals surface area contributed by atoms with Crippen LogP contribution in [-0.2, 0) is 11.3 Å². The lowest BCUT2D eigenvalue weighted by Crippen LogP contribution is -2.31. The van der Waals surface area contributed by atoms with Crippen LogP contribution in [-0.4, -0.2) is 47.9 Å². The van der Waals surface area contributed by atoms with Crippen molar-refractivity contribution in [2.75, 3.05) is 36.5 Å². The van der Waals surface area contributed by atoms with E-state index in [-0.39, 0.29) is 11.8 Å². The predicted octanol–water partition coefficient (Wildman–Crippen LogP) is 3.45. The smallest absolute Gasteiger partial charge is 0.252 e. The zero-order valence-electron chi connectivity index (χ0n) is 15.3. The lowest BCUT2D eigenvalue weighted by Gasteiger charge is -2.26. The highest BCUT2D eigenvalue weighted by Gasteiger charge is 2.11. The molecule has 0 spiro atoms. The molecule has 0 saturated carbocycles. The van der Waals surface area contributed by atoms with Crippen LogP contribution in [0.1, 0.15) is 28.8 Å². The molecule has 1 aliphatic rings. The van der Waals surface area contributed by atoms with Gasteiger partial charge >= 0.3 is 0 Å². The van der Waals surface area contributed by atoms with E-state index < -0.39 is 0 Å². The molecule has 3 rings (SSSR count). The molecule has 1 aromatic heterocycles. The molecule has 5 nitrogen and oxygen atoms in total. The van der Waals surface area contributed by atoms with Gasteiger partial charge in [-0.3, -0.25) is 14.5 Å². The van der Waals surface area contributed by atoms with Gasteiger partial charge in [0.15, 0.2) is 0 Å². The highest BCUT2D eigenvalue weighted by molar-refractivity contribution is 7.99. The molecule has 0 unspecified atom stereocenters. The van der Waals surface area contributed by atoms with Gasteiger partial charge in [-0.1, -0.05) is 12.1 Å². The van der Waals surface area contributed by atoms with Gasteiger partial charge in [-0.25, -0.2) is 0 Å². The van der Waals surface area contributed by atoms with Crippen LogP contribution in [0, 0.1) is 0 Å². The van der Waals surface area contributed by atoms with E-state index >= 15 is 0 Å². The lowest BCUT2D eigenvalue weighted by atomic mass is 10.1. The van der Waals surface area contributed by atoms with E-state index in [0.717, 1.165) is 25.3 Å². The molecule has 144 valence electrons. The van der Waals surface area contributed by atoms with E-state index in [2.05, 4.69) is 27.7 Å². The average molecular weight is 404 g/mol. The highest BCUT2D eigenvalue weighted by atomic mass is 32.2. The van der Waals surface area contributed by atoms with Crippen LogP contribution in [0.4, 0.5) is 5.69 Å². The predicted molar refractivity (Wildman–Crippen MR) is 114 cm³/mol. The molecule has 2 N–H and O–H groups in total. The fraction of sp³-hybridized carbons (Fsp3) is 0.400. The first-order chi connectivity index (χ1) is 13.2. The van der Waals surface area contributed by atoms with Gasteiger partial charge in [0, 0.05) is 60.7 Å². The largest absolute Gasteiger partial charge is 0.352 e. The first kappa shape index (κ1) is 19.9. The molecule has 1 fully saturated rings. The second-order valence-electron chi connectivity index (χ2n) is 6.51. The summed E-state index contributed by atoms with van der Waals surface area (Å²) in [6, 6.07) is 9.87. The van der Waals surface area contributed by atoms with Crippen LogP contribution in [0.2, 0.25) is 0 Å². The number of anilines is 1. The Bertz CT molecular complexity index is 743. The Hall–Kier alpha value is -1.83. The number of carbonyl (C=O) groups is 2. The summed E-state index contributed by atoms with van der Waals surface area (Å²) in [5.41, 5.74) is 2.74. The number of carbonyl (C=O) groups excluding carboxylic acids is 2. The molecule has 7 heteroatoms. The number of thiophene rings is 1. The highest BCUT2D eigenvalue weighted by Crippen LogP contribution is 2.16. The van der Waals surface area contributed by atoms with Crippen LogP contribution in [0.25, 0.3) is 0 Å². The summed E-state index contributed by atoms with van der Waals surface area (Å²) in [4.78, 5) is 26.4. The Morgan fingerprint density at radius 1 is 1.15 bits per heavy atom. The fourth-order valence-corrected chi connectivity index (χ4v) is 4.55. The summed E-state index contributed by atoms with van der Waals surface area (Å²) < 4.78 is 0. The Balaban J connectivity index is 1.38. The van der Waals surface area contributed by atoms with E-state index in [0.29, 0.717) is 24.9 Å². The zero-order valence-corrected chi connectivity index (χ0v) is 16.9. The molecule has 0 atom stereocenters. The second kappa shape index (κ2) is 10.5. The number of benzene rings is 1. The van der Waals surface area contributed by atoms with E-state index in [9.17, 15) is 9.59 Å². The number of nitrogens with one attached hydrogen (secondary N) is 2. The third kappa shape index (κ3) is 6.68. The molecule has 0 bridgehead atoms. The Kier molecular flexibility index (Phi) is 7.74. The average Bonchev–Trinajstić information content (AvgIpc) is 3.21. The minimum Gasteiger partial charge on any atom is -0.352 e. The van der Waals surface area contributed by atoms with Crippen molar-refractivity contribution < 1.29 is 9.59 Å². The quantitative estimate of drug-likeness (QED) is 0.663. The standard InChI is InChI=1S/C20H25N3O2S2/c24-19(5-2-7-21-20(25)17-6-10-27-15-17)22-18-4-1-3-16(13-18)14-23-8-11-26-12-9-23/h1,3-4,6,10,13,15H,2,5,7-9,11-12,14H2,(H,21,25)(H,22,24). The normalized spacial score (nSPS) is 14.7. The van der Waals surface area contributed by atoms with E-state index in [1.807, 2.05) is 34.7 Å². The summed E-state index contributed by atoms with van der Waals surface area (Å²) in [5.74, 6) is 2.28. The van der Waals surface area contributed by atoms with Crippen molar-refractivity contribution >= 4 is 40.6 Å². The number of rotatable bonds is 8. The molecule has 1 saturated heterocycles. The van der Waals surface area contributed by atoms with Crippen molar-refractivity contribution in [2.24, 2.45) is 0 Å². The number of nitrogens with zero attached hydrogens (tertiary/aromatic N) is 1. The van der Waals surface area contributed by atoms with Gasteiger partial charge in [0.05, 0.1) is 0 Å². The van der Waals surface area contributed by atoms with Gasteiger partial charge in [-0.05, 0) is 35.6 Å². The van der Waals surface area contributed by atoms with Gasteiger partial charge < -0.3 is 10.6 Å². The van der Waals surface area contributed by atoms with E-state index in [4.69, 9.17) is 0 Å². The van der Waals surface area contributed by atoms with Crippen LogP contribution in [0.15, 0.2) is 41.1 Å². The van der Waals surface area contributed by atoms with Crippen LogP contribution in [0.3, 0.4) is 0 Å². The van der Waals surface area contributed by atoms with Gasteiger partial charge in [-0.2, -0.15) is 23.1 Å². The molecular formula is C20H25N3O2S2. The molecule has 2 amide bonds. The maximum atomic E-state index is 12.2. The van der Waals surface area contributed by atoms with Crippen LogP contribution < -0.4 is 10.6 Å². The van der Waals surface area contributed by atoms with E-state index in [1.54, 1.807) is 6.07 Å². The minimum atomic E-state index is -0.0829. The van der Waals surface area contributed by atoms with Gasteiger partial charge in [0.25, 0.3) is 5.91 Å². The summed E-state index contributed by atoms with van der Waals surface area (Å²) in [6.45, 7) is 3.67. The number of amides is 2. The Labute approximate surface area is 168 Å². The summed E-state index contributed by atoms with van der Waals surface area (Å²) in [7, 11) is 0. The molecular weight excluding hydrogens is 378 g/mol.